The van der Waals surface area contributed by atoms with Crippen molar-refractivity contribution in [2.75, 3.05) is 6.61 Å². The molecule has 0 bridgehead atoms. The quantitative estimate of drug-likeness (QED) is 0.659. The van der Waals surface area contributed by atoms with Gasteiger partial charge in [-0.3, -0.25) is 0 Å². The van der Waals surface area contributed by atoms with Crippen molar-refractivity contribution in [1.82, 2.24) is 10.3 Å². The molecule has 3 rings (SSSR count). The van der Waals surface area contributed by atoms with Gasteiger partial charge in [0, 0.05) is 10.9 Å². The van der Waals surface area contributed by atoms with Gasteiger partial charge in [0.1, 0.15) is 5.76 Å². The molecule has 2 aromatic heterocycles. The molecule has 0 aliphatic carbocycles. The highest BCUT2D eigenvalue weighted by Crippen LogP contribution is 2.35. The van der Waals surface area contributed by atoms with Crippen LogP contribution in [0.5, 0.6) is 10.8 Å². The second-order valence-electron chi connectivity index (χ2n) is 7.18. The molecule has 0 aliphatic heterocycles. The Hall–Kier alpha value is -2.54. The number of nitrogens with one attached hydrogen (secondary N) is 1. The molecular formula is C19H22N2O4S. The monoisotopic (exact) mass is 374 g/mol. The van der Waals surface area contributed by atoms with Crippen LogP contribution in [0.2, 0.25) is 0 Å². The fourth-order valence-electron chi connectivity index (χ4n) is 2.42. The molecular weight excluding hydrogens is 352 g/mol. The summed E-state index contributed by atoms with van der Waals surface area (Å²) >= 11 is 1.41. The molecule has 2 heterocycles. The number of benzene rings is 1. The van der Waals surface area contributed by atoms with Crippen molar-refractivity contribution in [2.24, 2.45) is 5.41 Å². The van der Waals surface area contributed by atoms with Crippen molar-refractivity contribution in [3.05, 3.63) is 41.2 Å². The van der Waals surface area contributed by atoms with Crippen molar-refractivity contribution >= 4 is 28.4 Å². The minimum Gasteiger partial charge on any atom is -0.457 e. The molecule has 1 aromatic carbocycles. The topological polar surface area (TPSA) is 73.6 Å². The zero-order valence-electron chi connectivity index (χ0n) is 15.3. The van der Waals surface area contributed by atoms with Crippen LogP contribution in [0.25, 0.3) is 11.0 Å². The maximum atomic E-state index is 11.9. The van der Waals surface area contributed by atoms with Crippen molar-refractivity contribution in [3.63, 3.8) is 0 Å². The predicted octanol–water partition coefficient (Wildman–Crippen LogP) is 5.26. The molecule has 1 N–H and O–H groups in total. The molecule has 0 aliphatic rings. The molecule has 0 unspecified atom stereocenters. The van der Waals surface area contributed by atoms with Gasteiger partial charge in [0.15, 0.2) is 11.3 Å². The van der Waals surface area contributed by atoms with Crippen molar-refractivity contribution in [1.29, 1.82) is 0 Å². The fraction of sp³-hybridized carbons (Fsp3) is 0.368. The number of hydrogen-bond acceptors (Lipinski definition) is 6. The highest BCUT2D eigenvalue weighted by molar-refractivity contribution is 7.11. The molecule has 0 radical (unpaired) electrons. The number of rotatable bonds is 5. The summed E-state index contributed by atoms with van der Waals surface area (Å²) in [7, 11) is 0. The second-order valence-corrected chi connectivity index (χ2v) is 8.03. The largest absolute Gasteiger partial charge is 0.457 e. The van der Waals surface area contributed by atoms with E-state index in [4.69, 9.17) is 13.9 Å². The molecule has 138 valence electrons. The van der Waals surface area contributed by atoms with Crippen LogP contribution in [-0.4, -0.2) is 17.7 Å². The van der Waals surface area contributed by atoms with Gasteiger partial charge in [-0.1, -0.05) is 44.2 Å². The van der Waals surface area contributed by atoms with Gasteiger partial charge in [0.25, 0.3) is 0 Å². The van der Waals surface area contributed by atoms with Crippen LogP contribution < -0.4 is 10.1 Å². The Labute approximate surface area is 156 Å². The van der Waals surface area contributed by atoms with Gasteiger partial charge in [0.2, 0.25) is 5.06 Å². The minimum absolute atomic E-state index is 0.0709. The third-order valence-electron chi connectivity index (χ3n) is 3.65. The number of carbonyl (C=O) groups excluding carboxylic acids is 1. The normalized spacial score (nSPS) is 11.5. The molecule has 0 saturated heterocycles. The lowest BCUT2D eigenvalue weighted by Gasteiger charge is -2.17. The summed E-state index contributed by atoms with van der Waals surface area (Å²) in [6.45, 7) is 8.59. The van der Waals surface area contributed by atoms with E-state index in [1.54, 1.807) is 11.7 Å². The summed E-state index contributed by atoms with van der Waals surface area (Å²) in [4.78, 5) is 15.9. The van der Waals surface area contributed by atoms with Gasteiger partial charge in [0.05, 0.1) is 24.9 Å². The molecule has 0 fully saturated rings. The number of aromatic nitrogens is 1. The average molecular weight is 374 g/mol. The Morgan fingerprint density at radius 1 is 1.35 bits per heavy atom. The number of fused-ring (bicyclic) bond motifs is 1. The summed E-state index contributed by atoms with van der Waals surface area (Å²) in [6, 6.07) is 5.69. The number of para-hydroxylation sites is 1. The lowest BCUT2D eigenvalue weighted by atomic mass is 9.99. The second kappa shape index (κ2) is 7.37. The first-order valence-corrected chi connectivity index (χ1v) is 9.19. The molecule has 7 heteroatoms. The van der Waals surface area contributed by atoms with Gasteiger partial charge in [-0.25, -0.2) is 9.78 Å². The van der Waals surface area contributed by atoms with Crippen LogP contribution in [0.4, 0.5) is 4.79 Å². The third kappa shape index (κ3) is 4.35. The first-order chi connectivity index (χ1) is 12.3. The van der Waals surface area contributed by atoms with Gasteiger partial charge in [-0.2, -0.15) is 0 Å². The summed E-state index contributed by atoms with van der Waals surface area (Å²) in [5.41, 5.74) is 3.20. The number of carbonyl (C=O) groups is 1. The standard InChI is InChI=1S/C19H22N2O4S/c1-12-14(8-21-18(22)23-10-19(2,3)4)13-6-5-7-15(17(13)24-12)25-16-9-20-11-26-16/h5-7,9,11H,8,10H2,1-4H3,(H,21,22). The van der Waals surface area contributed by atoms with Gasteiger partial charge in [-0.05, 0) is 18.4 Å². The van der Waals surface area contributed by atoms with E-state index in [0.717, 1.165) is 16.7 Å². The summed E-state index contributed by atoms with van der Waals surface area (Å²) in [6.07, 6.45) is 1.22. The average Bonchev–Trinajstić information content (AvgIpc) is 3.18. The Kier molecular flexibility index (Phi) is 5.18. The number of furan rings is 1. The number of aryl methyl sites for hydroxylation is 1. The number of amides is 1. The van der Waals surface area contributed by atoms with E-state index in [-0.39, 0.29) is 5.41 Å². The highest BCUT2D eigenvalue weighted by atomic mass is 32.1. The first-order valence-electron chi connectivity index (χ1n) is 8.31. The Morgan fingerprint density at radius 3 is 2.85 bits per heavy atom. The van der Waals surface area contributed by atoms with Crippen LogP contribution >= 0.6 is 11.3 Å². The summed E-state index contributed by atoms with van der Waals surface area (Å²) in [5.74, 6) is 1.35. The van der Waals surface area contributed by atoms with E-state index in [9.17, 15) is 4.79 Å². The van der Waals surface area contributed by atoms with Crippen molar-refractivity contribution in [3.8, 4) is 10.8 Å². The summed E-state index contributed by atoms with van der Waals surface area (Å²) < 4.78 is 17.0. The van der Waals surface area contributed by atoms with E-state index in [1.165, 1.54) is 11.3 Å². The fourth-order valence-corrected chi connectivity index (χ4v) is 2.90. The van der Waals surface area contributed by atoms with E-state index in [2.05, 4.69) is 10.3 Å². The first kappa shape index (κ1) is 18.3. The van der Waals surface area contributed by atoms with Crippen molar-refractivity contribution in [2.45, 2.75) is 34.2 Å². The molecule has 1 amide bonds. The van der Waals surface area contributed by atoms with Gasteiger partial charge < -0.3 is 19.2 Å². The number of nitrogens with zero attached hydrogens (tertiary/aromatic N) is 1. The Bertz CT molecular complexity index is 894. The van der Waals surface area contributed by atoms with Crippen molar-refractivity contribution < 1.29 is 18.7 Å². The van der Waals surface area contributed by atoms with E-state index >= 15 is 0 Å². The van der Waals surface area contributed by atoms with E-state index in [0.29, 0.717) is 29.5 Å². The smallest absolute Gasteiger partial charge is 0.407 e. The van der Waals surface area contributed by atoms with Crippen LogP contribution in [0.1, 0.15) is 32.1 Å². The predicted molar refractivity (Wildman–Crippen MR) is 101 cm³/mol. The SMILES string of the molecule is Cc1oc2c(Oc3cncs3)cccc2c1CNC(=O)OCC(C)(C)C. The zero-order chi connectivity index (χ0) is 18.7. The minimum atomic E-state index is -0.439. The number of hydrogen-bond donors (Lipinski definition) is 1. The number of thiazole rings is 1. The lowest BCUT2D eigenvalue weighted by molar-refractivity contribution is 0.106. The number of ether oxygens (including phenoxy) is 2. The van der Waals surface area contributed by atoms with Crippen LogP contribution in [0.3, 0.4) is 0 Å². The molecule has 0 atom stereocenters. The van der Waals surface area contributed by atoms with Gasteiger partial charge >= 0.3 is 6.09 Å². The van der Waals surface area contributed by atoms with Crippen LogP contribution in [-0.2, 0) is 11.3 Å². The van der Waals surface area contributed by atoms with Crippen LogP contribution in [0, 0.1) is 12.3 Å². The molecule has 26 heavy (non-hydrogen) atoms. The molecule has 0 spiro atoms. The Balaban J connectivity index is 1.75. The molecule has 3 aromatic rings. The van der Waals surface area contributed by atoms with Gasteiger partial charge in [-0.15, -0.1) is 0 Å². The molecule has 6 nitrogen and oxygen atoms in total. The van der Waals surface area contributed by atoms with E-state index < -0.39 is 6.09 Å². The highest BCUT2D eigenvalue weighted by Gasteiger charge is 2.17. The third-order valence-corrected chi connectivity index (χ3v) is 4.30. The Morgan fingerprint density at radius 2 is 2.15 bits per heavy atom. The molecule has 0 saturated carbocycles. The van der Waals surface area contributed by atoms with E-state index in [1.807, 2.05) is 45.9 Å². The zero-order valence-corrected chi connectivity index (χ0v) is 16.1. The van der Waals surface area contributed by atoms with Crippen LogP contribution in [0.15, 0.2) is 34.3 Å². The lowest BCUT2D eigenvalue weighted by Crippen LogP contribution is -2.27. The maximum absolute atomic E-state index is 11.9. The number of alkyl carbamates (subject to hydrolysis) is 1. The maximum Gasteiger partial charge on any atom is 0.407 e. The summed E-state index contributed by atoms with van der Waals surface area (Å²) in [5, 5.41) is 4.38.